The zero-order valence-corrected chi connectivity index (χ0v) is 12.6. The van der Waals surface area contributed by atoms with E-state index >= 15 is 0 Å². The van der Waals surface area contributed by atoms with E-state index in [4.69, 9.17) is 4.74 Å². The molecule has 102 valence electrons. The highest BCUT2D eigenvalue weighted by molar-refractivity contribution is 7.18. The Labute approximate surface area is 115 Å². The molecule has 0 bridgehead atoms. The number of hydrogen-bond acceptors (Lipinski definition) is 4. The molecule has 0 amide bonds. The van der Waals surface area contributed by atoms with Gasteiger partial charge in [0.25, 0.3) is 0 Å². The highest BCUT2D eigenvalue weighted by atomic mass is 32.1. The van der Waals surface area contributed by atoms with Gasteiger partial charge in [-0.2, -0.15) is 0 Å². The van der Waals surface area contributed by atoms with Crippen molar-refractivity contribution in [3.63, 3.8) is 0 Å². The first kappa shape index (κ1) is 13.8. The normalized spacial score (nSPS) is 11.0. The largest absolute Gasteiger partial charge is 0.421 e. The monoisotopic (exact) mass is 279 g/mol. The van der Waals surface area contributed by atoms with Crippen LogP contribution >= 0.6 is 11.3 Å². The Morgan fingerprint density at radius 3 is 2.47 bits per heavy atom. The smallest absolute Gasteiger partial charge is 0.308 e. The van der Waals surface area contributed by atoms with Gasteiger partial charge in [-0.05, 0) is 33.3 Å². The number of nitrogens with zero attached hydrogens (tertiary/aromatic N) is 1. The van der Waals surface area contributed by atoms with Crippen LogP contribution in [0.15, 0.2) is 4.79 Å². The molecule has 0 saturated carbocycles. The van der Waals surface area contributed by atoms with E-state index in [1.807, 2.05) is 32.3 Å². The van der Waals surface area contributed by atoms with Crippen LogP contribution in [0.4, 0.5) is 0 Å². The third kappa shape index (κ3) is 2.08. The summed E-state index contributed by atoms with van der Waals surface area (Å²) in [5.74, 6) is -0.311. The lowest BCUT2D eigenvalue weighted by molar-refractivity contribution is -0.132. The van der Waals surface area contributed by atoms with Gasteiger partial charge in [0.2, 0.25) is 5.43 Å². The number of pyridine rings is 1. The molecular formula is C14H17NO3S. The fraction of sp³-hybridized carbons (Fsp3) is 0.429. The molecule has 4 nitrogen and oxygen atoms in total. The number of esters is 1. The maximum absolute atomic E-state index is 12.5. The van der Waals surface area contributed by atoms with Gasteiger partial charge in [0.1, 0.15) is 4.83 Å². The summed E-state index contributed by atoms with van der Waals surface area (Å²) in [6.07, 6.45) is 0. The third-order valence-electron chi connectivity index (χ3n) is 3.34. The molecule has 0 aliphatic heterocycles. The Kier molecular flexibility index (Phi) is 3.49. The molecule has 0 fully saturated rings. The molecule has 2 heterocycles. The predicted octanol–water partition coefficient (Wildman–Crippen LogP) is 2.93. The van der Waals surface area contributed by atoms with Crippen LogP contribution in [0.25, 0.3) is 10.2 Å². The molecule has 0 saturated heterocycles. The minimum absolute atomic E-state index is 0.155. The fourth-order valence-corrected chi connectivity index (χ4v) is 3.53. The zero-order chi connectivity index (χ0) is 14.3. The van der Waals surface area contributed by atoms with Crippen molar-refractivity contribution in [3.05, 3.63) is 26.4 Å². The molecular weight excluding hydrogens is 262 g/mol. The molecule has 0 radical (unpaired) electrons. The van der Waals surface area contributed by atoms with Crippen LogP contribution in [0.3, 0.4) is 0 Å². The quantitative estimate of drug-likeness (QED) is 0.794. The van der Waals surface area contributed by atoms with E-state index < -0.39 is 5.97 Å². The van der Waals surface area contributed by atoms with Crippen molar-refractivity contribution >= 4 is 27.5 Å². The Hall–Kier alpha value is -1.62. The van der Waals surface area contributed by atoms with Crippen LogP contribution in [0, 0.1) is 20.8 Å². The van der Waals surface area contributed by atoms with Gasteiger partial charge in [0, 0.05) is 18.3 Å². The van der Waals surface area contributed by atoms with Crippen molar-refractivity contribution in [3.8, 4) is 5.75 Å². The van der Waals surface area contributed by atoms with Crippen LogP contribution < -0.4 is 10.2 Å². The number of aryl methyl sites for hydroxylation is 3. The summed E-state index contributed by atoms with van der Waals surface area (Å²) >= 11 is 1.61. The summed E-state index contributed by atoms with van der Waals surface area (Å²) in [4.78, 5) is 25.8. The van der Waals surface area contributed by atoms with E-state index in [-0.39, 0.29) is 11.2 Å². The van der Waals surface area contributed by atoms with E-state index in [1.54, 1.807) is 11.3 Å². The number of ether oxygens (including phenoxy) is 1. The highest BCUT2D eigenvalue weighted by Gasteiger charge is 2.20. The average molecular weight is 279 g/mol. The van der Waals surface area contributed by atoms with Gasteiger partial charge in [0.15, 0.2) is 5.75 Å². The molecule has 0 aromatic carbocycles. The summed E-state index contributed by atoms with van der Waals surface area (Å²) in [5, 5.41) is 0.672. The number of carbonyl (C=O) groups excluding carboxylic acids is 1. The van der Waals surface area contributed by atoms with Crippen molar-refractivity contribution in [1.82, 2.24) is 4.57 Å². The van der Waals surface area contributed by atoms with Crippen LogP contribution in [-0.4, -0.2) is 10.5 Å². The number of rotatable bonds is 2. The van der Waals surface area contributed by atoms with Crippen LogP contribution in [0.1, 0.15) is 30.0 Å². The second-order valence-electron chi connectivity index (χ2n) is 4.54. The zero-order valence-electron chi connectivity index (χ0n) is 11.8. The van der Waals surface area contributed by atoms with Gasteiger partial charge in [-0.15, -0.1) is 11.3 Å². The van der Waals surface area contributed by atoms with E-state index in [1.165, 1.54) is 6.92 Å². The standard InChI is InChI=1S/C14H17NO3S/c1-6-15-8(3)13(18-10(5)16)12(17)11-7(2)9(4)19-14(11)15/h6H2,1-5H3. The molecule has 0 atom stereocenters. The van der Waals surface area contributed by atoms with Crippen molar-refractivity contribution in [2.45, 2.75) is 41.2 Å². The lowest BCUT2D eigenvalue weighted by atomic mass is 10.1. The number of carbonyl (C=O) groups is 1. The SMILES string of the molecule is CCn1c(C)c(OC(C)=O)c(=O)c2c(C)c(C)sc21. The number of fused-ring (bicyclic) bond motifs is 1. The number of thiophene rings is 1. The first-order chi connectivity index (χ1) is 8.88. The fourth-order valence-electron chi connectivity index (χ4n) is 2.26. The molecule has 0 spiro atoms. The molecule has 5 heteroatoms. The second-order valence-corrected chi connectivity index (χ2v) is 5.75. The average Bonchev–Trinajstić information content (AvgIpc) is 2.62. The summed E-state index contributed by atoms with van der Waals surface area (Å²) in [6, 6.07) is 0. The Bertz CT molecular complexity index is 725. The lowest BCUT2D eigenvalue weighted by Crippen LogP contribution is -2.18. The second kappa shape index (κ2) is 4.81. The Balaban J connectivity index is 2.95. The Morgan fingerprint density at radius 1 is 1.32 bits per heavy atom. The summed E-state index contributed by atoms with van der Waals surface area (Å²) in [6.45, 7) is 9.80. The maximum atomic E-state index is 12.5. The molecule has 2 rings (SSSR count). The highest BCUT2D eigenvalue weighted by Crippen LogP contribution is 2.31. The van der Waals surface area contributed by atoms with E-state index in [9.17, 15) is 9.59 Å². The third-order valence-corrected chi connectivity index (χ3v) is 4.57. The summed E-state index contributed by atoms with van der Waals surface area (Å²) in [7, 11) is 0. The molecule has 0 aliphatic rings. The molecule has 2 aromatic heterocycles. The molecule has 0 N–H and O–H groups in total. The van der Waals surface area contributed by atoms with Crippen LogP contribution in [0.2, 0.25) is 0 Å². The minimum Gasteiger partial charge on any atom is -0.421 e. The lowest BCUT2D eigenvalue weighted by Gasteiger charge is -2.13. The molecule has 2 aromatic rings. The first-order valence-corrected chi connectivity index (χ1v) is 7.01. The topological polar surface area (TPSA) is 48.3 Å². The van der Waals surface area contributed by atoms with E-state index in [2.05, 4.69) is 0 Å². The molecule has 0 unspecified atom stereocenters. The van der Waals surface area contributed by atoms with Crippen LogP contribution in [0.5, 0.6) is 5.75 Å². The van der Waals surface area contributed by atoms with Gasteiger partial charge in [-0.3, -0.25) is 9.59 Å². The van der Waals surface area contributed by atoms with Crippen molar-refractivity contribution < 1.29 is 9.53 Å². The van der Waals surface area contributed by atoms with Gasteiger partial charge in [0.05, 0.1) is 11.1 Å². The summed E-state index contributed by atoms with van der Waals surface area (Å²) < 4.78 is 7.15. The maximum Gasteiger partial charge on any atom is 0.308 e. The minimum atomic E-state index is -0.466. The van der Waals surface area contributed by atoms with E-state index in [0.29, 0.717) is 11.1 Å². The molecule has 19 heavy (non-hydrogen) atoms. The van der Waals surface area contributed by atoms with Gasteiger partial charge in [-0.1, -0.05) is 0 Å². The van der Waals surface area contributed by atoms with Crippen molar-refractivity contribution in [2.24, 2.45) is 0 Å². The van der Waals surface area contributed by atoms with Gasteiger partial charge in [-0.25, -0.2) is 0 Å². The number of hydrogen-bond donors (Lipinski definition) is 0. The summed E-state index contributed by atoms with van der Waals surface area (Å²) in [5.41, 5.74) is 1.49. The predicted molar refractivity (Wildman–Crippen MR) is 77.3 cm³/mol. The first-order valence-electron chi connectivity index (χ1n) is 6.20. The van der Waals surface area contributed by atoms with Gasteiger partial charge >= 0.3 is 5.97 Å². The van der Waals surface area contributed by atoms with Gasteiger partial charge < -0.3 is 9.30 Å². The molecule has 0 aliphatic carbocycles. The number of aromatic nitrogens is 1. The van der Waals surface area contributed by atoms with E-state index in [0.717, 1.165) is 21.8 Å². The Morgan fingerprint density at radius 2 is 1.95 bits per heavy atom. The van der Waals surface area contributed by atoms with Crippen molar-refractivity contribution in [2.75, 3.05) is 0 Å². The van der Waals surface area contributed by atoms with Crippen molar-refractivity contribution in [1.29, 1.82) is 0 Å². The van der Waals surface area contributed by atoms with Crippen LogP contribution in [-0.2, 0) is 11.3 Å².